The predicted octanol–water partition coefficient (Wildman–Crippen LogP) is 1.38. The molecule has 0 unspecified atom stereocenters. The highest BCUT2D eigenvalue weighted by molar-refractivity contribution is 6.01. The topological polar surface area (TPSA) is 113 Å². The van der Waals surface area contributed by atoms with Gasteiger partial charge in [-0.3, -0.25) is 4.79 Å². The number of nitrogens with one attached hydrogen (secondary N) is 1. The Morgan fingerprint density at radius 3 is 2.83 bits per heavy atom. The molecule has 0 aliphatic heterocycles. The number of phenols is 2. The maximum Gasteiger partial charge on any atom is 0.261 e. The number of phenolic OH excluding ortho intramolecular Hbond substituents is 2. The number of benzene rings is 2. The van der Waals surface area contributed by atoms with Gasteiger partial charge in [0.2, 0.25) is 0 Å². The number of carbonyl (C=O) groups is 1. The first-order valence-corrected chi connectivity index (χ1v) is 7.18. The highest BCUT2D eigenvalue weighted by Crippen LogP contribution is 2.22. The molecule has 0 radical (unpaired) electrons. The third-order valence-electron chi connectivity index (χ3n) is 3.43. The maximum absolute atomic E-state index is 12.0. The van der Waals surface area contributed by atoms with E-state index in [0.29, 0.717) is 16.8 Å². The molecule has 0 spiro atoms. The number of hydrogen-bond donors (Lipinski definition) is 3. The zero-order chi connectivity index (χ0) is 17.1. The van der Waals surface area contributed by atoms with E-state index in [9.17, 15) is 15.0 Å². The third-order valence-corrected chi connectivity index (χ3v) is 3.43. The summed E-state index contributed by atoms with van der Waals surface area (Å²) in [7, 11) is 0. The minimum atomic E-state index is -0.372. The smallest absolute Gasteiger partial charge is 0.261 e. The highest BCUT2D eigenvalue weighted by atomic mass is 16.3. The van der Waals surface area contributed by atoms with Crippen molar-refractivity contribution in [2.45, 2.75) is 13.5 Å². The fourth-order valence-electron chi connectivity index (χ4n) is 2.24. The first kappa shape index (κ1) is 15.5. The summed E-state index contributed by atoms with van der Waals surface area (Å²) in [4.78, 5) is 12.0. The van der Waals surface area contributed by atoms with Crippen molar-refractivity contribution < 1.29 is 15.0 Å². The number of amides is 1. The summed E-state index contributed by atoms with van der Waals surface area (Å²) in [6.07, 6.45) is 0. The van der Waals surface area contributed by atoms with Crippen molar-refractivity contribution in [2.24, 2.45) is 5.10 Å². The summed E-state index contributed by atoms with van der Waals surface area (Å²) < 4.78 is 1.48. The molecule has 0 fully saturated rings. The minimum Gasteiger partial charge on any atom is -0.508 e. The summed E-state index contributed by atoms with van der Waals surface area (Å²) in [6.45, 7) is 1.61. The van der Waals surface area contributed by atoms with Crippen LogP contribution in [0.2, 0.25) is 0 Å². The monoisotopic (exact) mass is 325 g/mol. The molecule has 8 nitrogen and oxygen atoms in total. The van der Waals surface area contributed by atoms with Gasteiger partial charge in [-0.25, -0.2) is 10.1 Å². The Bertz CT molecular complexity index is 932. The number of fused-ring (bicyclic) bond motifs is 1. The Labute approximate surface area is 137 Å². The van der Waals surface area contributed by atoms with Crippen LogP contribution >= 0.6 is 0 Å². The zero-order valence-corrected chi connectivity index (χ0v) is 12.8. The molecule has 0 aliphatic carbocycles. The van der Waals surface area contributed by atoms with Crippen LogP contribution in [0.25, 0.3) is 11.0 Å². The number of carbonyl (C=O) groups excluding carboxylic acids is 1. The van der Waals surface area contributed by atoms with Crippen molar-refractivity contribution in [3.63, 3.8) is 0 Å². The molecule has 0 aliphatic rings. The molecule has 1 aromatic heterocycles. The van der Waals surface area contributed by atoms with Gasteiger partial charge in [-0.15, -0.1) is 5.10 Å². The lowest BCUT2D eigenvalue weighted by Crippen LogP contribution is -2.24. The number of hydrazone groups is 1. The van der Waals surface area contributed by atoms with Gasteiger partial charge in [0, 0.05) is 11.6 Å². The predicted molar refractivity (Wildman–Crippen MR) is 87.7 cm³/mol. The minimum absolute atomic E-state index is 0.0289. The first-order chi connectivity index (χ1) is 11.5. The molecule has 0 atom stereocenters. The van der Waals surface area contributed by atoms with Crippen LogP contribution in [0.3, 0.4) is 0 Å². The number of hydrogen-bond acceptors (Lipinski definition) is 6. The van der Waals surface area contributed by atoms with Gasteiger partial charge in [0.25, 0.3) is 5.91 Å². The van der Waals surface area contributed by atoms with E-state index in [-0.39, 0.29) is 24.0 Å². The van der Waals surface area contributed by atoms with Gasteiger partial charge >= 0.3 is 0 Å². The Hall–Kier alpha value is -3.42. The van der Waals surface area contributed by atoms with Crippen molar-refractivity contribution in [1.29, 1.82) is 0 Å². The average Bonchev–Trinajstić information content (AvgIpc) is 2.96. The van der Waals surface area contributed by atoms with Crippen molar-refractivity contribution in [3.8, 4) is 11.5 Å². The van der Waals surface area contributed by atoms with Crippen molar-refractivity contribution in [2.75, 3.05) is 0 Å². The van der Waals surface area contributed by atoms with E-state index in [2.05, 4.69) is 20.8 Å². The fourth-order valence-corrected chi connectivity index (χ4v) is 2.24. The number of nitrogens with zero attached hydrogens (tertiary/aromatic N) is 4. The standard InChI is InChI=1S/C16H15N5O3/c1-10(12-7-6-11(22)8-15(12)23)17-19-16(24)9-21-14-5-3-2-4-13(14)18-20-21/h2-8,22-23H,9H2,1H3,(H,19,24)/b17-10+. The number of rotatable bonds is 4. The molecular formula is C16H15N5O3. The van der Waals surface area contributed by atoms with Crippen LogP contribution in [0, 0.1) is 0 Å². The third kappa shape index (κ3) is 3.17. The Kier molecular flexibility index (Phi) is 4.11. The molecule has 3 rings (SSSR count). The largest absolute Gasteiger partial charge is 0.508 e. The van der Waals surface area contributed by atoms with Crippen LogP contribution in [-0.2, 0) is 11.3 Å². The van der Waals surface area contributed by atoms with E-state index < -0.39 is 0 Å². The molecule has 3 aromatic rings. The molecule has 3 N–H and O–H groups in total. The van der Waals surface area contributed by atoms with Gasteiger partial charge < -0.3 is 10.2 Å². The molecule has 0 saturated carbocycles. The van der Waals surface area contributed by atoms with Crippen LogP contribution in [-0.4, -0.2) is 36.8 Å². The van der Waals surface area contributed by atoms with Gasteiger partial charge in [0.05, 0.1) is 11.2 Å². The second-order valence-electron chi connectivity index (χ2n) is 5.17. The van der Waals surface area contributed by atoms with Crippen molar-refractivity contribution >= 4 is 22.7 Å². The number of para-hydroxylation sites is 1. The maximum atomic E-state index is 12.0. The Morgan fingerprint density at radius 1 is 1.25 bits per heavy atom. The molecule has 24 heavy (non-hydrogen) atoms. The quantitative estimate of drug-likeness (QED) is 0.495. The van der Waals surface area contributed by atoms with E-state index in [4.69, 9.17) is 0 Å². The van der Waals surface area contributed by atoms with E-state index >= 15 is 0 Å². The van der Waals surface area contributed by atoms with Gasteiger partial charge in [-0.05, 0) is 31.2 Å². The number of aromatic nitrogens is 3. The molecule has 1 heterocycles. The summed E-state index contributed by atoms with van der Waals surface area (Å²) in [5.41, 5.74) is 4.70. The second kappa shape index (κ2) is 6.37. The van der Waals surface area contributed by atoms with Crippen molar-refractivity contribution in [1.82, 2.24) is 20.4 Å². The molecule has 8 heteroatoms. The summed E-state index contributed by atoms with van der Waals surface area (Å²) in [5.74, 6) is -0.540. The average molecular weight is 325 g/mol. The normalized spacial score (nSPS) is 11.6. The summed E-state index contributed by atoms with van der Waals surface area (Å²) in [5, 5.41) is 30.9. The van der Waals surface area contributed by atoms with Crippen LogP contribution in [0.1, 0.15) is 12.5 Å². The van der Waals surface area contributed by atoms with Crippen LogP contribution in [0.5, 0.6) is 11.5 Å². The molecular weight excluding hydrogens is 310 g/mol. The lowest BCUT2D eigenvalue weighted by molar-refractivity contribution is -0.121. The first-order valence-electron chi connectivity index (χ1n) is 7.18. The fraction of sp³-hybridized carbons (Fsp3) is 0.125. The Morgan fingerprint density at radius 2 is 2.04 bits per heavy atom. The molecule has 0 saturated heterocycles. The number of aromatic hydroxyl groups is 2. The van der Waals surface area contributed by atoms with E-state index in [0.717, 1.165) is 5.52 Å². The van der Waals surface area contributed by atoms with Crippen molar-refractivity contribution in [3.05, 3.63) is 48.0 Å². The van der Waals surface area contributed by atoms with Crippen LogP contribution in [0.4, 0.5) is 0 Å². The summed E-state index contributed by atoms with van der Waals surface area (Å²) >= 11 is 0. The molecule has 1 amide bonds. The SMILES string of the molecule is C/C(=N\NC(=O)Cn1nnc2ccccc21)c1ccc(O)cc1O. The van der Waals surface area contributed by atoms with Gasteiger partial charge in [0.15, 0.2) is 0 Å². The lowest BCUT2D eigenvalue weighted by Gasteiger charge is -2.06. The molecule has 122 valence electrons. The summed E-state index contributed by atoms with van der Waals surface area (Å²) in [6, 6.07) is 11.5. The van der Waals surface area contributed by atoms with E-state index in [1.54, 1.807) is 6.92 Å². The van der Waals surface area contributed by atoms with E-state index in [1.165, 1.54) is 22.9 Å². The van der Waals surface area contributed by atoms with Gasteiger partial charge in [-0.2, -0.15) is 5.10 Å². The molecule has 2 aromatic carbocycles. The Balaban J connectivity index is 1.70. The highest BCUT2D eigenvalue weighted by Gasteiger charge is 2.09. The lowest BCUT2D eigenvalue weighted by atomic mass is 10.1. The zero-order valence-electron chi connectivity index (χ0n) is 12.8. The van der Waals surface area contributed by atoms with Crippen LogP contribution < -0.4 is 5.43 Å². The molecule has 0 bridgehead atoms. The van der Waals surface area contributed by atoms with Gasteiger partial charge in [-0.1, -0.05) is 17.3 Å². The van der Waals surface area contributed by atoms with Gasteiger partial charge in [0.1, 0.15) is 23.6 Å². The van der Waals surface area contributed by atoms with Crippen LogP contribution in [0.15, 0.2) is 47.6 Å². The second-order valence-corrected chi connectivity index (χ2v) is 5.17. The van der Waals surface area contributed by atoms with E-state index in [1.807, 2.05) is 24.3 Å².